The molecule has 34 heavy (non-hydrogen) atoms. The molecule has 1 N–H and O–H groups in total. The number of carbonyl (C=O) groups excluding carboxylic acids is 2. The number of amidine groups is 1. The van der Waals surface area contributed by atoms with E-state index in [0.29, 0.717) is 53.2 Å². The van der Waals surface area contributed by atoms with E-state index in [4.69, 9.17) is 14.2 Å². The van der Waals surface area contributed by atoms with Crippen molar-refractivity contribution in [3.8, 4) is 11.5 Å². The summed E-state index contributed by atoms with van der Waals surface area (Å²) in [7, 11) is 0. The smallest absolute Gasteiger partial charge is 0.264 e. The van der Waals surface area contributed by atoms with Crippen LogP contribution >= 0.6 is 27.7 Å². The molecule has 0 radical (unpaired) electrons. The summed E-state index contributed by atoms with van der Waals surface area (Å²) in [6.45, 7) is 4.76. The van der Waals surface area contributed by atoms with Crippen LogP contribution in [0.3, 0.4) is 0 Å². The van der Waals surface area contributed by atoms with Gasteiger partial charge < -0.3 is 24.4 Å². The Morgan fingerprint density at radius 2 is 1.97 bits per heavy atom. The Morgan fingerprint density at radius 1 is 1.21 bits per heavy atom. The third kappa shape index (κ3) is 6.40. The summed E-state index contributed by atoms with van der Waals surface area (Å²) in [5.41, 5.74) is 1.54. The maximum atomic E-state index is 12.4. The second kappa shape index (κ2) is 11.5. The van der Waals surface area contributed by atoms with Gasteiger partial charge in [0, 0.05) is 13.1 Å². The number of hydrogen-bond acceptors (Lipinski definition) is 7. The summed E-state index contributed by atoms with van der Waals surface area (Å²) >= 11 is 4.77. The molecule has 10 heteroatoms. The quantitative estimate of drug-likeness (QED) is 0.529. The van der Waals surface area contributed by atoms with Crippen LogP contribution < -0.4 is 14.8 Å². The molecule has 2 aromatic carbocycles. The van der Waals surface area contributed by atoms with Crippen LogP contribution in [0.2, 0.25) is 0 Å². The number of rotatable bonds is 7. The molecule has 0 spiro atoms. The molecule has 0 atom stereocenters. The van der Waals surface area contributed by atoms with Crippen molar-refractivity contribution in [3.63, 3.8) is 0 Å². The Labute approximate surface area is 210 Å². The number of ether oxygens (including phenoxy) is 3. The fraction of sp³-hybridized carbons (Fsp3) is 0.292. The molecule has 2 fully saturated rings. The van der Waals surface area contributed by atoms with Crippen molar-refractivity contribution in [1.29, 1.82) is 0 Å². The van der Waals surface area contributed by atoms with E-state index in [1.165, 1.54) is 11.8 Å². The predicted octanol–water partition coefficient (Wildman–Crippen LogP) is 3.98. The molecular formula is C24H24BrN3O5S. The van der Waals surface area contributed by atoms with E-state index in [1.54, 1.807) is 17.0 Å². The SMILES string of the molecule is CCOc1ccc(N=C2NC(=O)/C(=C/c3ccc(OCC(=O)N4CCOCC4)c(Br)c3)S2)cc1. The summed E-state index contributed by atoms with van der Waals surface area (Å²) in [5, 5.41) is 3.30. The van der Waals surface area contributed by atoms with E-state index in [-0.39, 0.29) is 18.4 Å². The second-order valence-corrected chi connectivity index (χ2v) is 9.27. The number of amides is 2. The van der Waals surface area contributed by atoms with Gasteiger partial charge in [0.2, 0.25) is 0 Å². The van der Waals surface area contributed by atoms with Crippen molar-refractivity contribution >= 4 is 56.4 Å². The highest BCUT2D eigenvalue weighted by molar-refractivity contribution is 9.10. The molecule has 2 aliphatic heterocycles. The van der Waals surface area contributed by atoms with Gasteiger partial charge in [0.15, 0.2) is 11.8 Å². The Balaban J connectivity index is 1.38. The highest BCUT2D eigenvalue weighted by atomic mass is 79.9. The minimum absolute atomic E-state index is 0.0390. The fourth-order valence-electron chi connectivity index (χ4n) is 3.30. The van der Waals surface area contributed by atoms with Crippen LogP contribution in [0.15, 0.2) is 56.8 Å². The molecule has 2 saturated heterocycles. The number of morpholine rings is 1. The lowest BCUT2D eigenvalue weighted by Crippen LogP contribution is -2.43. The van der Waals surface area contributed by atoms with Crippen molar-refractivity contribution < 1.29 is 23.8 Å². The summed E-state index contributed by atoms with van der Waals surface area (Å²) < 4.78 is 17.1. The number of nitrogens with one attached hydrogen (secondary N) is 1. The lowest BCUT2D eigenvalue weighted by molar-refractivity contribution is -0.137. The number of benzene rings is 2. The zero-order valence-corrected chi connectivity index (χ0v) is 21.0. The van der Waals surface area contributed by atoms with E-state index >= 15 is 0 Å². The van der Waals surface area contributed by atoms with E-state index in [9.17, 15) is 9.59 Å². The molecule has 0 bridgehead atoms. The minimum atomic E-state index is -0.206. The first kappa shape index (κ1) is 24.3. The predicted molar refractivity (Wildman–Crippen MR) is 135 cm³/mol. The largest absolute Gasteiger partial charge is 0.494 e. The van der Waals surface area contributed by atoms with Gasteiger partial charge in [-0.15, -0.1) is 0 Å². The molecule has 2 heterocycles. The van der Waals surface area contributed by atoms with Gasteiger partial charge in [-0.05, 0) is 82.7 Å². The molecule has 4 rings (SSSR count). The number of carbonyl (C=O) groups is 2. The van der Waals surface area contributed by atoms with Crippen LogP contribution in [0.4, 0.5) is 5.69 Å². The molecular weight excluding hydrogens is 522 g/mol. The van der Waals surface area contributed by atoms with Gasteiger partial charge >= 0.3 is 0 Å². The van der Waals surface area contributed by atoms with Gasteiger partial charge in [0.1, 0.15) is 11.5 Å². The van der Waals surface area contributed by atoms with Crippen LogP contribution in [-0.4, -0.2) is 61.4 Å². The standard InChI is InChI=1S/C24H24BrN3O5S/c1-2-32-18-6-4-17(5-7-18)26-24-27-23(30)21(34-24)14-16-3-8-20(19(25)13-16)33-15-22(29)28-9-11-31-12-10-28/h3-8,13-14H,2,9-12,15H2,1H3,(H,26,27,30)/b21-14-. The van der Waals surface area contributed by atoms with Gasteiger partial charge in [-0.1, -0.05) is 6.07 Å². The number of aliphatic imine (C=N–C) groups is 1. The van der Waals surface area contributed by atoms with Gasteiger partial charge in [-0.25, -0.2) is 4.99 Å². The van der Waals surface area contributed by atoms with Gasteiger partial charge in [0.25, 0.3) is 11.8 Å². The Bertz CT molecular complexity index is 1110. The van der Waals surface area contributed by atoms with Crippen LogP contribution in [0.5, 0.6) is 11.5 Å². The van der Waals surface area contributed by atoms with Gasteiger partial charge in [0.05, 0.1) is 34.9 Å². The van der Waals surface area contributed by atoms with Crippen molar-refractivity contribution in [2.75, 3.05) is 39.5 Å². The molecule has 2 amide bonds. The van der Waals surface area contributed by atoms with Crippen molar-refractivity contribution in [1.82, 2.24) is 10.2 Å². The van der Waals surface area contributed by atoms with Crippen LogP contribution in [0, 0.1) is 0 Å². The van der Waals surface area contributed by atoms with E-state index in [1.807, 2.05) is 43.3 Å². The monoisotopic (exact) mass is 545 g/mol. The molecule has 178 valence electrons. The van der Waals surface area contributed by atoms with Crippen molar-refractivity contribution in [2.45, 2.75) is 6.92 Å². The third-order valence-corrected chi connectivity index (χ3v) is 6.53. The average Bonchev–Trinajstić information content (AvgIpc) is 3.18. The van der Waals surface area contributed by atoms with E-state index in [0.717, 1.165) is 17.0 Å². The lowest BCUT2D eigenvalue weighted by atomic mass is 10.2. The van der Waals surface area contributed by atoms with Crippen LogP contribution in [0.25, 0.3) is 6.08 Å². The first-order valence-corrected chi connectivity index (χ1v) is 12.4. The normalized spacial score (nSPS) is 18.3. The highest BCUT2D eigenvalue weighted by Gasteiger charge is 2.24. The zero-order valence-electron chi connectivity index (χ0n) is 18.6. The number of hydrogen-bond donors (Lipinski definition) is 1. The molecule has 0 aromatic heterocycles. The Kier molecular flexibility index (Phi) is 8.25. The van der Waals surface area contributed by atoms with E-state index in [2.05, 4.69) is 26.2 Å². The maximum Gasteiger partial charge on any atom is 0.264 e. The maximum absolute atomic E-state index is 12.4. The Hall–Kier alpha value is -2.82. The van der Waals surface area contributed by atoms with Crippen molar-refractivity contribution in [3.05, 3.63) is 57.4 Å². The topological polar surface area (TPSA) is 89.5 Å². The number of thioether (sulfide) groups is 1. The Morgan fingerprint density at radius 3 is 2.68 bits per heavy atom. The molecule has 2 aliphatic rings. The summed E-state index contributed by atoms with van der Waals surface area (Å²) in [6, 6.07) is 12.8. The van der Waals surface area contributed by atoms with E-state index < -0.39 is 0 Å². The molecule has 0 aliphatic carbocycles. The first-order valence-electron chi connectivity index (χ1n) is 10.8. The lowest BCUT2D eigenvalue weighted by Gasteiger charge is -2.26. The van der Waals surface area contributed by atoms with Gasteiger partial charge in [-0.2, -0.15) is 0 Å². The summed E-state index contributed by atoms with van der Waals surface area (Å²) in [6.07, 6.45) is 1.79. The highest BCUT2D eigenvalue weighted by Crippen LogP contribution is 2.31. The average molecular weight is 546 g/mol. The fourth-order valence-corrected chi connectivity index (χ4v) is 4.65. The number of halogens is 1. The third-order valence-electron chi connectivity index (χ3n) is 5.00. The number of nitrogens with zero attached hydrogens (tertiary/aromatic N) is 2. The summed E-state index contributed by atoms with van der Waals surface area (Å²) in [4.78, 5) is 31.4. The first-order chi connectivity index (χ1) is 16.5. The van der Waals surface area contributed by atoms with Gasteiger partial charge in [-0.3, -0.25) is 9.59 Å². The minimum Gasteiger partial charge on any atom is -0.494 e. The molecule has 8 nitrogen and oxygen atoms in total. The molecule has 2 aromatic rings. The molecule has 0 saturated carbocycles. The summed E-state index contributed by atoms with van der Waals surface area (Å²) in [5.74, 6) is 1.06. The van der Waals surface area contributed by atoms with Crippen LogP contribution in [-0.2, 0) is 14.3 Å². The van der Waals surface area contributed by atoms with Crippen molar-refractivity contribution in [2.24, 2.45) is 4.99 Å². The second-order valence-electron chi connectivity index (χ2n) is 7.38. The zero-order chi connectivity index (χ0) is 23.9. The molecule has 0 unspecified atom stereocenters. The van der Waals surface area contributed by atoms with Crippen LogP contribution in [0.1, 0.15) is 12.5 Å².